The van der Waals surface area contributed by atoms with Crippen molar-refractivity contribution in [2.24, 2.45) is 11.7 Å². The Bertz CT molecular complexity index is 480. The Morgan fingerprint density at radius 3 is 2.47 bits per heavy atom. The maximum Gasteiger partial charge on any atom is 0.254 e. The quantitative estimate of drug-likeness (QED) is 0.835. The van der Waals surface area contributed by atoms with Crippen molar-refractivity contribution in [2.45, 2.75) is 18.9 Å². The number of hydrogen-bond donors (Lipinski definition) is 2. The lowest BCUT2D eigenvalue weighted by Gasteiger charge is -2.16. The lowest BCUT2D eigenvalue weighted by molar-refractivity contribution is 0.0928. The van der Waals surface area contributed by atoms with E-state index < -0.39 is 28.9 Å². The molecule has 1 amide bonds. The van der Waals surface area contributed by atoms with E-state index in [4.69, 9.17) is 5.73 Å². The monoisotopic (exact) mass is 294 g/mol. The molecule has 7 heteroatoms. The molecule has 3 nitrogen and oxygen atoms in total. The zero-order valence-electron chi connectivity index (χ0n) is 9.96. The molecule has 1 aliphatic carbocycles. The highest BCUT2D eigenvalue weighted by Gasteiger charge is 2.32. The number of nitrogens with two attached hydrogens (primary N) is 1. The third-order valence-electron chi connectivity index (χ3n) is 3.04. The summed E-state index contributed by atoms with van der Waals surface area (Å²) in [6.07, 6.45) is 1.92. The van der Waals surface area contributed by atoms with E-state index in [2.05, 4.69) is 5.32 Å². The molecule has 1 saturated carbocycles. The van der Waals surface area contributed by atoms with Gasteiger partial charge in [-0.3, -0.25) is 4.79 Å². The maximum atomic E-state index is 13.4. The van der Waals surface area contributed by atoms with Crippen LogP contribution in [0.3, 0.4) is 0 Å². The number of carbonyl (C=O) groups is 1. The number of halogens is 4. The van der Waals surface area contributed by atoms with Crippen molar-refractivity contribution in [1.82, 2.24) is 5.32 Å². The minimum absolute atomic E-state index is 0. The van der Waals surface area contributed by atoms with Crippen molar-refractivity contribution in [1.29, 1.82) is 0 Å². The molecule has 1 aromatic rings. The van der Waals surface area contributed by atoms with E-state index in [1.807, 2.05) is 0 Å². The van der Waals surface area contributed by atoms with Gasteiger partial charge in [0.25, 0.3) is 5.91 Å². The van der Waals surface area contributed by atoms with E-state index in [-0.39, 0.29) is 25.0 Å². The largest absolute Gasteiger partial charge is 0.348 e. The average Bonchev–Trinajstić information content (AvgIpc) is 3.17. The second-order valence-corrected chi connectivity index (χ2v) is 4.38. The average molecular weight is 295 g/mol. The molecule has 1 aliphatic rings. The Labute approximate surface area is 114 Å². The Hall–Kier alpha value is -1.27. The van der Waals surface area contributed by atoms with E-state index in [0.717, 1.165) is 25.0 Å². The predicted octanol–water partition coefficient (Wildman–Crippen LogP) is 1.99. The van der Waals surface area contributed by atoms with Crippen LogP contribution >= 0.6 is 12.4 Å². The minimum Gasteiger partial charge on any atom is -0.348 e. The first-order chi connectivity index (χ1) is 8.54. The van der Waals surface area contributed by atoms with Gasteiger partial charge in [0, 0.05) is 12.6 Å². The zero-order chi connectivity index (χ0) is 13.3. The number of hydrogen-bond acceptors (Lipinski definition) is 2. The summed E-state index contributed by atoms with van der Waals surface area (Å²) in [5.74, 6) is -4.90. The number of nitrogens with one attached hydrogen (secondary N) is 1. The summed E-state index contributed by atoms with van der Waals surface area (Å²) >= 11 is 0. The van der Waals surface area contributed by atoms with Gasteiger partial charge in [0.2, 0.25) is 0 Å². The summed E-state index contributed by atoms with van der Waals surface area (Å²) in [5.41, 5.74) is 4.98. The van der Waals surface area contributed by atoms with Crippen LogP contribution in [0.4, 0.5) is 13.2 Å². The van der Waals surface area contributed by atoms with Gasteiger partial charge in [-0.05, 0) is 30.9 Å². The number of benzene rings is 1. The minimum atomic E-state index is -1.64. The third kappa shape index (κ3) is 3.39. The van der Waals surface area contributed by atoms with Crippen molar-refractivity contribution in [3.8, 4) is 0 Å². The molecule has 0 aromatic heterocycles. The summed E-state index contributed by atoms with van der Waals surface area (Å²) in [6.45, 7) is 0.238. The molecule has 106 valence electrons. The van der Waals surface area contributed by atoms with Crippen LogP contribution in [0.15, 0.2) is 12.1 Å². The molecule has 1 aromatic carbocycles. The first kappa shape index (κ1) is 15.8. The normalized spacial score (nSPS) is 15.6. The van der Waals surface area contributed by atoms with Gasteiger partial charge in [-0.1, -0.05) is 0 Å². The maximum absolute atomic E-state index is 13.4. The van der Waals surface area contributed by atoms with Crippen LogP contribution in [0.5, 0.6) is 0 Å². The van der Waals surface area contributed by atoms with Gasteiger partial charge in [0.1, 0.15) is 0 Å². The van der Waals surface area contributed by atoms with Crippen LogP contribution in [-0.4, -0.2) is 18.5 Å². The van der Waals surface area contributed by atoms with Crippen molar-refractivity contribution in [3.63, 3.8) is 0 Å². The molecular weight excluding hydrogens is 281 g/mol. The van der Waals surface area contributed by atoms with Crippen molar-refractivity contribution in [2.75, 3.05) is 6.54 Å². The van der Waals surface area contributed by atoms with Gasteiger partial charge >= 0.3 is 0 Å². The van der Waals surface area contributed by atoms with Crippen molar-refractivity contribution in [3.05, 3.63) is 35.1 Å². The Morgan fingerprint density at radius 1 is 1.32 bits per heavy atom. The number of rotatable bonds is 4. The van der Waals surface area contributed by atoms with Crippen molar-refractivity contribution >= 4 is 18.3 Å². The van der Waals surface area contributed by atoms with Gasteiger partial charge in [-0.2, -0.15) is 0 Å². The van der Waals surface area contributed by atoms with Crippen LogP contribution in [-0.2, 0) is 0 Å². The molecule has 0 radical (unpaired) electrons. The highest BCUT2D eigenvalue weighted by atomic mass is 35.5. The van der Waals surface area contributed by atoms with E-state index in [9.17, 15) is 18.0 Å². The van der Waals surface area contributed by atoms with E-state index in [1.165, 1.54) is 0 Å². The summed E-state index contributed by atoms with van der Waals surface area (Å²) in [5, 5.41) is 2.54. The van der Waals surface area contributed by atoms with E-state index >= 15 is 0 Å². The van der Waals surface area contributed by atoms with Crippen LogP contribution in [0.1, 0.15) is 23.2 Å². The lowest BCUT2D eigenvalue weighted by atomic mass is 10.1. The first-order valence-electron chi connectivity index (χ1n) is 5.69. The molecule has 3 N–H and O–H groups in total. The van der Waals surface area contributed by atoms with E-state index in [0.29, 0.717) is 5.92 Å². The van der Waals surface area contributed by atoms with Gasteiger partial charge in [0.05, 0.1) is 5.56 Å². The molecule has 1 unspecified atom stereocenters. The topological polar surface area (TPSA) is 55.1 Å². The predicted molar refractivity (Wildman–Crippen MR) is 66.6 cm³/mol. The number of carbonyl (C=O) groups excluding carboxylic acids is 1. The molecule has 19 heavy (non-hydrogen) atoms. The first-order valence-corrected chi connectivity index (χ1v) is 5.69. The smallest absolute Gasteiger partial charge is 0.254 e. The van der Waals surface area contributed by atoms with Crippen LogP contribution < -0.4 is 11.1 Å². The van der Waals surface area contributed by atoms with Gasteiger partial charge in [-0.25, -0.2) is 13.2 Å². The molecule has 2 rings (SSSR count). The summed E-state index contributed by atoms with van der Waals surface area (Å²) in [4.78, 5) is 11.7. The Morgan fingerprint density at radius 2 is 1.95 bits per heavy atom. The highest BCUT2D eigenvalue weighted by molar-refractivity contribution is 5.94. The van der Waals surface area contributed by atoms with Crippen LogP contribution in [0, 0.1) is 23.4 Å². The zero-order valence-corrected chi connectivity index (χ0v) is 10.8. The fourth-order valence-corrected chi connectivity index (χ4v) is 1.82. The molecule has 0 aliphatic heterocycles. The fraction of sp³-hybridized carbons (Fsp3) is 0.417. The molecule has 0 saturated heterocycles. The van der Waals surface area contributed by atoms with Crippen LogP contribution in [0.2, 0.25) is 0 Å². The van der Waals surface area contributed by atoms with Gasteiger partial charge in [0.15, 0.2) is 17.5 Å². The lowest BCUT2D eigenvalue weighted by Crippen LogP contribution is -2.42. The molecule has 0 spiro atoms. The van der Waals surface area contributed by atoms with Crippen LogP contribution in [0.25, 0.3) is 0 Å². The second kappa shape index (κ2) is 6.25. The Kier molecular flexibility index (Phi) is 5.20. The highest BCUT2D eigenvalue weighted by Crippen LogP contribution is 2.32. The van der Waals surface area contributed by atoms with Gasteiger partial charge < -0.3 is 11.1 Å². The fourth-order valence-electron chi connectivity index (χ4n) is 1.82. The second-order valence-electron chi connectivity index (χ2n) is 4.38. The van der Waals surface area contributed by atoms with Gasteiger partial charge in [-0.15, -0.1) is 12.4 Å². The molecule has 0 bridgehead atoms. The summed E-state index contributed by atoms with van der Waals surface area (Å²) < 4.78 is 39.1. The SMILES string of the molecule is Cl.NCC(NC(=O)c1ccc(F)c(F)c1F)C1CC1. The molecule has 1 fully saturated rings. The summed E-state index contributed by atoms with van der Waals surface area (Å²) in [6, 6.07) is 1.40. The summed E-state index contributed by atoms with van der Waals surface area (Å²) in [7, 11) is 0. The van der Waals surface area contributed by atoms with E-state index in [1.54, 1.807) is 0 Å². The number of amides is 1. The molecular formula is C12H14ClF3N2O. The molecule has 0 heterocycles. The molecule has 1 atom stereocenters. The van der Waals surface area contributed by atoms with Crippen molar-refractivity contribution < 1.29 is 18.0 Å². The third-order valence-corrected chi connectivity index (χ3v) is 3.04. The standard InChI is InChI=1S/C12H13F3N2O.ClH/c13-8-4-3-7(10(14)11(8)15)12(18)17-9(5-16)6-1-2-6;/h3-4,6,9H,1-2,5,16H2,(H,17,18);1H. The Balaban J connectivity index is 0.00000180.